The smallest absolute Gasteiger partial charge is 0.124 e. The van der Waals surface area contributed by atoms with Crippen molar-refractivity contribution in [1.29, 1.82) is 0 Å². The van der Waals surface area contributed by atoms with Gasteiger partial charge in [-0.2, -0.15) is 5.10 Å². The number of nitrogens with one attached hydrogen (secondary N) is 2. The summed E-state index contributed by atoms with van der Waals surface area (Å²) in [6, 6.07) is 5.25. The van der Waals surface area contributed by atoms with Gasteiger partial charge < -0.3 is 15.2 Å². The molecule has 17 heavy (non-hydrogen) atoms. The maximum absolute atomic E-state index is 9.88. The molecular weight excluding hydrogens is 218 g/mol. The van der Waals surface area contributed by atoms with Crippen molar-refractivity contribution in [2.75, 3.05) is 12.4 Å². The minimum atomic E-state index is -0.0153. The lowest BCUT2D eigenvalue weighted by molar-refractivity contribution is 0.406. The largest absolute Gasteiger partial charge is 0.507 e. The number of aromatic nitrogens is 2. The van der Waals surface area contributed by atoms with Crippen LogP contribution in [0.15, 0.2) is 30.6 Å². The Balaban J connectivity index is 2.16. The van der Waals surface area contributed by atoms with Crippen LogP contribution in [0.25, 0.3) is 0 Å². The van der Waals surface area contributed by atoms with Gasteiger partial charge in [-0.3, -0.25) is 5.10 Å². The molecule has 2 rings (SSSR count). The van der Waals surface area contributed by atoms with Gasteiger partial charge in [0, 0.05) is 17.8 Å². The lowest BCUT2D eigenvalue weighted by Gasteiger charge is -2.16. The first-order valence-corrected chi connectivity index (χ1v) is 5.33. The number of anilines is 1. The third-order valence-electron chi connectivity index (χ3n) is 2.59. The molecule has 1 atom stereocenters. The van der Waals surface area contributed by atoms with E-state index in [4.69, 9.17) is 4.74 Å². The molecule has 1 unspecified atom stereocenters. The van der Waals surface area contributed by atoms with Gasteiger partial charge in [-0.15, -0.1) is 0 Å². The molecule has 2 aromatic rings. The molecule has 0 saturated carbocycles. The summed E-state index contributed by atoms with van der Waals surface area (Å²) in [4.78, 5) is 0. The highest BCUT2D eigenvalue weighted by Gasteiger charge is 2.11. The Bertz CT molecular complexity index is 483. The molecule has 1 aromatic carbocycles. The summed E-state index contributed by atoms with van der Waals surface area (Å²) >= 11 is 0. The summed E-state index contributed by atoms with van der Waals surface area (Å²) in [6.07, 6.45) is 3.45. The molecule has 1 aromatic heterocycles. The van der Waals surface area contributed by atoms with E-state index in [1.54, 1.807) is 25.6 Å². The summed E-state index contributed by atoms with van der Waals surface area (Å²) in [5.74, 6) is 0.856. The van der Waals surface area contributed by atoms with E-state index in [0.717, 1.165) is 11.3 Å². The summed E-state index contributed by atoms with van der Waals surface area (Å²) in [7, 11) is 1.57. The fourth-order valence-electron chi connectivity index (χ4n) is 1.67. The van der Waals surface area contributed by atoms with Gasteiger partial charge in [0.15, 0.2) is 0 Å². The van der Waals surface area contributed by atoms with Crippen molar-refractivity contribution in [2.24, 2.45) is 0 Å². The molecule has 0 amide bonds. The second-order valence-corrected chi connectivity index (χ2v) is 3.78. The number of H-pyrrole nitrogens is 1. The molecule has 0 aliphatic heterocycles. The van der Waals surface area contributed by atoms with Gasteiger partial charge >= 0.3 is 0 Å². The standard InChI is InChI=1S/C12H15N3O2/c1-8(15-9-6-13-14-7-9)11-4-3-10(17-2)5-12(11)16/h3-8,15-16H,1-2H3,(H,13,14). The molecule has 1 heterocycles. The van der Waals surface area contributed by atoms with Crippen LogP contribution in [0, 0.1) is 0 Å². The minimum Gasteiger partial charge on any atom is -0.507 e. The van der Waals surface area contributed by atoms with Crippen molar-refractivity contribution in [3.63, 3.8) is 0 Å². The molecule has 0 aliphatic rings. The monoisotopic (exact) mass is 233 g/mol. The summed E-state index contributed by atoms with van der Waals surface area (Å²) in [5.41, 5.74) is 1.69. The molecule has 0 radical (unpaired) electrons. The van der Waals surface area contributed by atoms with E-state index >= 15 is 0 Å². The number of rotatable bonds is 4. The van der Waals surface area contributed by atoms with Gasteiger partial charge in [-0.05, 0) is 19.1 Å². The molecule has 5 heteroatoms. The van der Waals surface area contributed by atoms with E-state index in [1.807, 2.05) is 19.1 Å². The van der Waals surface area contributed by atoms with Gasteiger partial charge in [0.1, 0.15) is 11.5 Å². The molecule has 0 fully saturated rings. The van der Waals surface area contributed by atoms with E-state index in [0.29, 0.717) is 5.75 Å². The zero-order valence-corrected chi connectivity index (χ0v) is 9.77. The highest BCUT2D eigenvalue weighted by atomic mass is 16.5. The average molecular weight is 233 g/mol. The van der Waals surface area contributed by atoms with Gasteiger partial charge in [0.25, 0.3) is 0 Å². The number of nitrogens with zero attached hydrogens (tertiary/aromatic N) is 1. The van der Waals surface area contributed by atoms with Gasteiger partial charge in [-0.25, -0.2) is 0 Å². The molecular formula is C12H15N3O2. The predicted molar refractivity (Wildman–Crippen MR) is 65.3 cm³/mol. The number of benzene rings is 1. The Morgan fingerprint density at radius 1 is 1.47 bits per heavy atom. The van der Waals surface area contributed by atoms with Crippen molar-refractivity contribution in [3.05, 3.63) is 36.2 Å². The van der Waals surface area contributed by atoms with E-state index in [2.05, 4.69) is 15.5 Å². The fourth-order valence-corrected chi connectivity index (χ4v) is 1.67. The summed E-state index contributed by atoms with van der Waals surface area (Å²) in [6.45, 7) is 1.97. The number of hydrogen-bond acceptors (Lipinski definition) is 4. The van der Waals surface area contributed by atoms with E-state index in [-0.39, 0.29) is 11.8 Å². The lowest BCUT2D eigenvalue weighted by atomic mass is 10.1. The SMILES string of the molecule is COc1ccc(C(C)Nc2cn[nH]c2)c(O)c1. The van der Waals surface area contributed by atoms with Crippen molar-refractivity contribution >= 4 is 5.69 Å². The number of methoxy groups -OCH3 is 1. The minimum absolute atomic E-state index is 0.0153. The molecule has 90 valence electrons. The predicted octanol–water partition coefficient (Wildman–Crippen LogP) is 2.30. The zero-order valence-electron chi connectivity index (χ0n) is 9.77. The fraction of sp³-hybridized carbons (Fsp3) is 0.250. The summed E-state index contributed by atoms with van der Waals surface area (Å²) < 4.78 is 5.04. The third kappa shape index (κ3) is 2.50. The van der Waals surface area contributed by atoms with Crippen molar-refractivity contribution < 1.29 is 9.84 Å². The second kappa shape index (κ2) is 4.78. The highest BCUT2D eigenvalue weighted by Crippen LogP contribution is 2.29. The van der Waals surface area contributed by atoms with Crippen LogP contribution >= 0.6 is 0 Å². The van der Waals surface area contributed by atoms with Crippen LogP contribution in [-0.2, 0) is 0 Å². The van der Waals surface area contributed by atoms with E-state index in [9.17, 15) is 5.11 Å². The molecule has 5 nitrogen and oxygen atoms in total. The number of ether oxygens (including phenoxy) is 1. The molecule has 0 bridgehead atoms. The van der Waals surface area contributed by atoms with Crippen molar-refractivity contribution in [3.8, 4) is 11.5 Å². The Morgan fingerprint density at radius 3 is 2.88 bits per heavy atom. The Kier molecular flexibility index (Phi) is 3.18. The normalized spacial score (nSPS) is 12.1. The molecule has 3 N–H and O–H groups in total. The molecule has 0 aliphatic carbocycles. The van der Waals surface area contributed by atoms with Crippen LogP contribution in [0.3, 0.4) is 0 Å². The molecule has 0 spiro atoms. The number of aromatic hydroxyl groups is 1. The van der Waals surface area contributed by atoms with Gasteiger partial charge in [-0.1, -0.05) is 0 Å². The third-order valence-corrected chi connectivity index (χ3v) is 2.59. The van der Waals surface area contributed by atoms with Crippen molar-refractivity contribution in [1.82, 2.24) is 10.2 Å². The van der Waals surface area contributed by atoms with Crippen molar-refractivity contribution in [2.45, 2.75) is 13.0 Å². The highest BCUT2D eigenvalue weighted by molar-refractivity contribution is 5.46. The van der Waals surface area contributed by atoms with Crippen LogP contribution in [-0.4, -0.2) is 22.4 Å². The molecule has 0 saturated heterocycles. The average Bonchev–Trinajstić information content (AvgIpc) is 2.81. The van der Waals surface area contributed by atoms with Gasteiger partial charge in [0.05, 0.1) is 25.0 Å². The quantitative estimate of drug-likeness (QED) is 0.757. The Hall–Kier alpha value is -2.17. The Labute approximate surface area is 99.4 Å². The van der Waals surface area contributed by atoms with Crippen LogP contribution in [0.1, 0.15) is 18.5 Å². The number of phenolic OH excluding ortho intramolecular Hbond substituents is 1. The topological polar surface area (TPSA) is 70.2 Å². The number of phenols is 1. The van der Waals surface area contributed by atoms with Crippen LogP contribution in [0.5, 0.6) is 11.5 Å². The maximum Gasteiger partial charge on any atom is 0.124 e. The first kappa shape index (κ1) is 11.3. The first-order valence-electron chi connectivity index (χ1n) is 5.33. The Morgan fingerprint density at radius 2 is 2.29 bits per heavy atom. The van der Waals surface area contributed by atoms with E-state index < -0.39 is 0 Å². The summed E-state index contributed by atoms with van der Waals surface area (Å²) in [5, 5.41) is 19.7. The van der Waals surface area contributed by atoms with Crippen LogP contribution in [0.4, 0.5) is 5.69 Å². The number of hydrogen-bond donors (Lipinski definition) is 3. The zero-order chi connectivity index (χ0) is 12.3. The van der Waals surface area contributed by atoms with Crippen LogP contribution in [0.2, 0.25) is 0 Å². The van der Waals surface area contributed by atoms with Crippen LogP contribution < -0.4 is 10.1 Å². The lowest BCUT2D eigenvalue weighted by Crippen LogP contribution is -2.06. The van der Waals surface area contributed by atoms with Gasteiger partial charge in [0.2, 0.25) is 0 Å². The maximum atomic E-state index is 9.88. The number of aromatic amines is 1. The van der Waals surface area contributed by atoms with E-state index in [1.165, 1.54) is 0 Å². The first-order chi connectivity index (χ1) is 8.20. The second-order valence-electron chi connectivity index (χ2n) is 3.78.